The number of nitrogens with zero attached hydrogens (tertiary/aromatic N) is 2. The lowest BCUT2D eigenvalue weighted by atomic mass is 9.88. The van der Waals surface area contributed by atoms with Crippen molar-refractivity contribution in [2.75, 3.05) is 4.90 Å². The molecule has 0 unspecified atom stereocenters. The average Bonchev–Trinajstić information content (AvgIpc) is 2.75. The van der Waals surface area contributed by atoms with Gasteiger partial charge in [0.05, 0.1) is 11.6 Å². The first-order chi connectivity index (χ1) is 14.9. The molecule has 6 heteroatoms. The maximum absolute atomic E-state index is 13.9. The van der Waals surface area contributed by atoms with Crippen LogP contribution in [0.2, 0.25) is 0 Å². The monoisotopic (exact) mass is 476 g/mol. The van der Waals surface area contributed by atoms with Gasteiger partial charge in [0, 0.05) is 22.1 Å². The Morgan fingerprint density at radius 2 is 1.71 bits per heavy atom. The second kappa shape index (κ2) is 7.24. The fourth-order valence-electron chi connectivity index (χ4n) is 4.48. The third-order valence-electron chi connectivity index (χ3n) is 5.98. The molecule has 1 fully saturated rings. The van der Waals surface area contributed by atoms with Gasteiger partial charge in [-0.1, -0.05) is 48.0 Å². The molecule has 2 atom stereocenters. The molecule has 31 heavy (non-hydrogen) atoms. The molecule has 2 bridgehead atoms. The van der Waals surface area contributed by atoms with E-state index in [-0.39, 0.29) is 5.91 Å². The highest BCUT2D eigenvalue weighted by Crippen LogP contribution is 2.49. The smallest absolute Gasteiger partial charge is 0.335 e. The summed E-state index contributed by atoms with van der Waals surface area (Å²) < 4.78 is 7.03. The summed E-state index contributed by atoms with van der Waals surface area (Å²) in [5.41, 5.74) is 2.17. The van der Waals surface area contributed by atoms with Gasteiger partial charge in [-0.15, -0.1) is 0 Å². The van der Waals surface area contributed by atoms with Gasteiger partial charge < -0.3 is 4.74 Å². The number of fused-ring (bicyclic) bond motifs is 4. The minimum atomic E-state index is -0.907. The fourth-order valence-corrected chi connectivity index (χ4v) is 4.93. The third kappa shape index (κ3) is 3.13. The van der Waals surface area contributed by atoms with E-state index in [1.165, 1.54) is 4.90 Å². The summed E-state index contributed by atoms with van der Waals surface area (Å²) in [5.74, 6) is 0.356. The predicted molar refractivity (Wildman–Crippen MR) is 122 cm³/mol. The number of para-hydroxylation sites is 1. The van der Waals surface area contributed by atoms with Gasteiger partial charge in [0.1, 0.15) is 5.75 Å². The van der Waals surface area contributed by atoms with Gasteiger partial charge in [-0.05, 0) is 60.1 Å². The Balaban J connectivity index is 1.68. The third-order valence-corrected chi connectivity index (χ3v) is 6.67. The number of aryl methyl sites for hydroxylation is 1. The first kappa shape index (κ1) is 19.8. The molecule has 1 saturated heterocycles. The van der Waals surface area contributed by atoms with Crippen molar-refractivity contribution < 1.29 is 14.3 Å². The normalized spacial score (nSPS) is 22.0. The van der Waals surface area contributed by atoms with E-state index in [9.17, 15) is 9.59 Å². The zero-order valence-electron chi connectivity index (χ0n) is 17.2. The number of imide groups is 1. The van der Waals surface area contributed by atoms with Crippen molar-refractivity contribution in [2.24, 2.45) is 0 Å². The Hall–Kier alpha value is -3.12. The molecule has 3 aromatic rings. The van der Waals surface area contributed by atoms with Crippen LogP contribution >= 0.6 is 15.9 Å². The van der Waals surface area contributed by atoms with Crippen LogP contribution in [0, 0.1) is 6.92 Å². The van der Waals surface area contributed by atoms with Crippen LogP contribution in [0.3, 0.4) is 0 Å². The largest absolute Gasteiger partial charge is 0.467 e. The molecular formula is C25H21BrN2O3. The van der Waals surface area contributed by atoms with Crippen LogP contribution in [0.4, 0.5) is 10.5 Å². The molecule has 3 amide bonds. The van der Waals surface area contributed by atoms with Crippen molar-refractivity contribution in [3.8, 4) is 5.75 Å². The van der Waals surface area contributed by atoms with Crippen molar-refractivity contribution in [1.29, 1.82) is 0 Å². The van der Waals surface area contributed by atoms with Crippen LogP contribution in [0.1, 0.15) is 40.9 Å². The molecule has 0 radical (unpaired) electrons. The lowest BCUT2D eigenvalue weighted by Gasteiger charge is -2.53. The first-order valence-electron chi connectivity index (χ1n) is 10.2. The Kier molecular flexibility index (Phi) is 4.63. The first-order valence-corrected chi connectivity index (χ1v) is 11.0. The number of benzene rings is 3. The van der Waals surface area contributed by atoms with Crippen LogP contribution in [-0.2, 0) is 0 Å². The molecule has 2 aliphatic heterocycles. The van der Waals surface area contributed by atoms with Gasteiger partial charge in [0.25, 0.3) is 5.91 Å². The summed E-state index contributed by atoms with van der Waals surface area (Å²) in [6.45, 7) is 3.91. The van der Waals surface area contributed by atoms with Gasteiger partial charge in [-0.25, -0.2) is 4.79 Å². The highest BCUT2D eigenvalue weighted by molar-refractivity contribution is 9.10. The van der Waals surface area contributed by atoms with Crippen molar-refractivity contribution in [2.45, 2.75) is 32.0 Å². The van der Waals surface area contributed by atoms with Crippen LogP contribution in [-0.4, -0.2) is 22.6 Å². The van der Waals surface area contributed by atoms with Crippen molar-refractivity contribution in [3.05, 3.63) is 94.0 Å². The van der Waals surface area contributed by atoms with Gasteiger partial charge in [-0.3, -0.25) is 14.6 Å². The quantitative estimate of drug-likeness (QED) is 0.450. The second-order valence-electron chi connectivity index (χ2n) is 8.14. The van der Waals surface area contributed by atoms with E-state index in [0.717, 1.165) is 11.1 Å². The molecule has 0 aromatic heterocycles. The standard InChI is InChI=1S/C25H21BrN2O3/c1-16-11-13-17(14-12-16)28-24(30)27(23(29)18-7-3-5-9-20(18)26)21-15-25(28,2)31-22-10-6-4-8-19(21)22/h3-14,21H,15H2,1-2H3/t21-,25-/m1/s1. The highest BCUT2D eigenvalue weighted by Gasteiger charge is 2.55. The second-order valence-corrected chi connectivity index (χ2v) is 9.00. The molecule has 3 aromatic carbocycles. The van der Waals surface area contributed by atoms with Crippen LogP contribution in [0.5, 0.6) is 5.75 Å². The van der Waals surface area contributed by atoms with E-state index in [1.807, 2.05) is 68.4 Å². The zero-order chi connectivity index (χ0) is 21.8. The summed E-state index contributed by atoms with van der Waals surface area (Å²) >= 11 is 3.46. The van der Waals surface area contributed by atoms with Crippen LogP contribution < -0.4 is 9.64 Å². The number of amides is 3. The van der Waals surface area contributed by atoms with Crippen molar-refractivity contribution >= 4 is 33.6 Å². The fraction of sp³-hybridized carbons (Fsp3) is 0.200. The highest BCUT2D eigenvalue weighted by atomic mass is 79.9. The van der Waals surface area contributed by atoms with Crippen molar-refractivity contribution in [3.63, 3.8) is 0 Å². The van der Waals surface area contributed by atoms with Crippen LogP contribution in [0.15, 0.2) is 77.3 Å². The number of anilines is 1. The molecule has 156 valence electrons. The maximum atomic E-state index is 13.9. The van der Waals surface area contributed by atoms with E-state index in [4.69, 9.17) is 4.74 Å². The molecule has 2 aliphatic rings. The van der Waals surface area contributed by atoms with E-state index < -0.39 is 17.8 Å². The van der Waals surface area contributed by atoms with Crippen LogP contribution in [0.25, 0.3) is 0 Å². The molecule has 0 spiro atoms. The number of halogens is 1. The Labute approximate surface area is 189 Å². The average molecular weight is 477 g/mol. The Morgan fingerprint density at radius 1 is 1.03 bits per heavy atom. The number of hydrogen-bond acceptors (Lipinski definition) is 3. The van der Waals surface area contributed by atoms with Crippen molar-refractivity contribution in [1.82, 2.24) is 4.90 Å². The zero-order valence-corrected chi connectivity index (χ0v) is 18.8. The maximum Gasteiger partial charge on any atom is 0.335 e. The number of hydrogen-bond donors (Lipinski definition) is 0. The summed E-state index contributed by atoms with van der Waals surface area (Å²) in [6, 6.07) is 21.7. The molecule has 0 saturated carbocycles. The summed E-state index contributed by atoms with van der Waals surface area (Å²) in [4.78, 5) is 30.6. The number of carbonyl (C=O) groups excluding carboxylic acids is 2. The van der Waals surface area contributed by atoms with E-state index in [1.54, 1.807) is 23.1 Å². The summed E-state index contributed by atoms with van der Waals surface area (Å²) in [7, 11) is 0. The lowest BCUT2D eigenvalue weighted by molar-refractivity contribution is 0.00265. The number of rotatable bonds is 2. The Morgan fingerprint density at radius 3 is 2.45 bits per heavy atom. The number of ether oxygens (including phenoxy) is 1. The van der Waals surface area contributed by atoms with Gasteiger partial charge in [0.15, 0.2) is 5.72 Å². The minimum Gasteiger partial charge on any atom is -0.467 e. The van der Waals surface area contributed by atoms with E-state index >= 15 is 0 Å². The topological polar surface area (TPSA) is 49.9 Å². The van der Waals surface area contributed by atoms with E-state index in [0.29, 0.717) is 27.9 Å². The summed E-state index contributed by atoms with van der Waals surface area (Å²) in [6.07, 6.45) is 0.472. The van der Waals surface area contributed by atoms with Gasteiger partial charge >= 0.3 is 6.03 Å². The molecule has 5 rings (SSSR count). The minimum absolute atomic E-state index is 0.335. The Bertz CT molecular complexity index is 1190. The molecule has 0 aliphatic carbocycles. The number of carbonyl (C=O) groups is 2. The summed E-state index contributed by atoms with van der Waals surface area (Å²) in [5, 5.41) is 0. The molecule has 0 N–H and O–H groups in total. The molecule has 2 heterocycles. The lowest BCUT2D eigenvalue weighted by Crippen LogP contribution is -2.67. The SMILES string of the molecule is Cc1ccc(N2C(=O)N(C(=O)c3ccccc3Br)[C@@H]3C[C@@]2(C)Oc2ccccc23)cc1. The van der Waals surface area contributed by atoms with Gasteiger partial charge in [-0.2, -0.15) is 0 Å². The number of urea groups is 1. The predicted octanol–water partition coefficient (Wildman–Crippen LogP) is 6.08. The molecule has 5 nitrogen and oxygen atoms in total. The molecular weight excluding hydrogens is 456 g/mol. The van der Waals surface area contributed by atoms with E-state index in [2.05, 4.69) is 15.9 Å². The van der Waals surface area contributed by atoms with Gasteiger partial charge in [0.2, 0.25) is 0 Å².